The van der Waals surface area contributed by atoms with Crippen molar-refractivity contribution in [1.29, 1.82) is 0 Å². The zero-order valence-corrected chi connectivity index (χ0v) is 19.3. The molecule has 0 heterocycles. The molecule has 0 aromatic heterocycles. The summed E-state index contributed by atoms with van der Waals surface area (Å²) in [6.45, 7) is 2.38. The molecule has 0 aliphatic heterocycles. The second-order valence-electron chi connectivity index (χ2n) is 7.67. The molecule has 0 saturated carbocycles. The normalized spacial score (nSPS) is 14.1. The van der Waals surface area contributed by atoms with Gasteiger partial charge in [-0.05, 0) is 35.2 Å². The van der Waals surface area contributed by atoms with E-state index in [9.17, 15) is 57.1 Å². The molecule has 0 amide bonds. The van der Waals surface area contributed by atoms with E-state index in [0.29, 0.717) is 23.5 Å². The summed E-state index contributed by atoms with van der Waals surface area (Å²) < 4.78 is 177. The lowest BCUT2D eigenvalue weighted by Crippen LogP contribution is -2.69. The average Bonchev–Trinajstić information content (AvgIpc) is 2.81. The van der Waals surface area contributed by atoms with Crippen LogP contribution in [-0.2, 0) is 5.75 Å². The monoisotopic (exact) mass is 576 g/mol. The van der Waals surface area contributed by atoms with E-state index in [1.54, 1.807) is 24.3 Å². The fourth-order valence-electron chi connectivity index (χ4n) is 2.78. The Morgan fingerprint density at radius 2 is 1.03 bits per heavy atom. The molecule has 0 bridgehead atoms. The first-order chi connectivity index (χ1) is 16.7. The van der Waals surface area contributed by atoms with Crippen molar-refractivity contribution in [2.45, 2.75) is 54.2 Å². The highest BCUT2D eigenvalue weighted by molar-refractivity contribution is 7.99. The molecule has 0 aliphatic carbocycles. The van der Waals surface area contributed by atoms with Crippen molar-refractivity contribution in [3.05, 3.63) is 54.1 Å². The van der Waals surface area contributed by atoms with Gasteiger partial charge in [-0.15, -0.1) is 0 Å². The molecule has 0 N–H and O–H groups in total. The number of ether oxygens (including phenoxy) is 1. The van der Waals surface area contributed by atoms with Gasteiger partial charge in [-0.25, -0.2) is 0 Å². The van der Waals surface area contributed by atoms with Crippen LogP contribution in [0.25, 0.3) is 11.1 Å². The molecule has 2 aromatic rings. The molecule has 2 aromatic carbocycles. The Morgan fingerprint density at radius 3 is 1.46 bits per heavy atom. The van der Waals surface area contributed by atoms with Gasteiger partial charge in [0.1, 0.15) is 5.75 Å². The molecule has 2 rings (SSSR count). The number of hydrogen-bond acceptors (Lipinski definition) is 2. The molecule has 0 unspecified atom stereocenters. The lowest BCUT2D eigenvalue weighted by atomic mass is 9.98. The van der Waals surface area contributed by atoms with E-state index in [1.165, 1.54) is 12.1 Å². The van der Waals surface area contributed by atoms with E-state index in [0.717, 1.165) is 18.6 Å². The highest BCUT2D eigenvalue weighted by Gasteiger charge is 2.90. The number of halogens is 13. The maximum Gasteiger partial charge on any atom is 0.460 e. The Hall–Kier alpha value is -2.32. The summed E-state index contributed by atoms with van der Waals surface area (Å²) >= 11 is -1.33. The summed E-state index contributed by atoms with van der Waals surface area (Å²) in [7, 11) is 0. The summed E-state index contributed by atoms with van der Waals surface area (Å²) in [5.41, 5.74) is 0.934. The summed E-state index contributed by atoms with van der Waals surface area (Å²) in [4.78, 5) is 0. The minimum Gasteiger partial charge on any atom is -0.494 e. The maximum atomic E-state index is 13.9. The summed E-state index contributed by atoms with van der Waals surface area (Å²) in [5, 5.41) is -6.17. The Kier molecular flexibility index (Phi) is 8.72. The van der Waals surface area contributed by atoms with E-state index in [-0.39, 0.29) is 5.56 Å². The Balaban J connectivity index is 2.19. The SMILES string of the molecule is CCCOc1ccc(-c2ccc(CSC(F)(F)C(F)(F)C(F)(F)C(F)(F)C(F)(F)C(F)(F)F)cc2)cc1. The Morgan fingerprint density at radius 1 is 0.595 bits per heavy atom. The molecule has 208 valence electrons. The van der Waals surface area contributed by atoms with Crippen LogP contribution in [0.2, 0.25) is 0 Å². The molecule has 15 heteroatoms. The van der Waals surface area contributed by atoms with Crippen molar-refractivity contribution in [3.63, 3.8) is 0 Å². The number of hydrogen-bond donors (Lipinski definition) is 0. The first-order valence-electron chi connectivity index (χ1n) is 10.1. The predicted molar refractivity (Wildman–Crippen MR) is 110 cm³/mol. The topological polar surface area (TPSA) is 9.23 Å². The Bertz CT molecular complexity index is 1030. The van der Waals surface area contributed by atoms with Gasteiger partial charge < -0.3 is 4.74 Å². The summed E-state index contributed by atoms with van der Waals surface area (Å²) in [6, 6.07) is 11.4. The first-order valence-corrected chi connectivity index (χ1v) is 11.1. The lowest BCUT2D eigenvalue weighted by molar-refractivity contribution is -0.433. The molecule has 0 atom stereocenters. The third-order valence-electron chi connectivity index (χ3n) is 4.94. The van der Waals surface area contributed by atoms with Crippen LogP contribution in [0.3, 0.4) is 0 Å². The van der Waals surface area contributed by atoms with Crippen molar-refractivity contribution in [1.82, 2.24) is 0 Å². The first kappa shape index (κ1) is 30.9. The van der Waals surface area contributed by atoms with Gasteiger partial charge in [0.25, 0.3) is 0 Å². The van der Waals surface area contributed by atoms with E-state index < -0.39 is 52.6 Å². The average molecular weight is 576 g/mol. The number of thioether (sulfide) groups is 1. The quantitative estimate of drug-likeness (QED) is 0.247. The number of rotatable bonds is 11. The fraction of sp³-hybridized carbons (Fsp3) is 0.455. The van der Waals surface area contributed by atoms with Gasteiger partial charge in [0.05, 0.1) is 6.61 Å². The molecule has 0 saturated heterocycles. The molecule has 0 aliphatic rings. The van der Waals surface area contributed by atoms with E-state index in [4.69, 9.17) is 4.74 Å². The van der Waals surface area contributed by atoms with Crippen molar-refractivity contribution >= 4 is 11.8 Å². The second kappa shape index (κ2) is 10.4. The third kappa shape index (κ3) is 5.75. The third-order valence-corrected chi connectivity index (χ3v) is 6.04. The zero-order valence-electron chi connectivity index (χ0n) is 18.5. The number of alkyl halides is 13. The molecule has 0 fully saturated rings. The van der Waals surface area contributed by atoms with Gasteiger partial charge in [0.15, 0.2) is 0 Å². The van der Waals surface area contributed by atoms with Gasteiger partial charge in [-0.1, -0.05) is 55.1 Å². The molecule has 0 spiro atoms. The minimum atomic E-state index is -7.90. The zero-order chi connectivity index (χ0) is 28.5. The minimum absolute atomic E-state index is 0.192. The molecule has 1 nitrogen and oxygen atoms in total. The van der Waals surface area contributed by atoms with E-state index >= 15 is 0 Å². The van der Waals surface area contributed by atoms with Crippen LogP contribution < -0.4 is 4.74 Å². The van der Waals surface area contributed by atoms with Gasteiger partial charge >= 0.3 is 35.1 Å². The highest BCUT2D eigenvalue weighted by atomic mass is 32.2. The van der Waals surface area contributed by atoms with Crippen molar-refractivity contribution in [2.75, 3.05) is 6.61 Å². The standard InChI is InChI=1S/C22H17F13OS/c1-2-11-36-16-9-7-15(8-10-16)14-5-3-13(4-6-14)12-37-22(34,35)20(29,30)18(25,26)17(23,24)19(27,28)21(31,32)33/h3-10H,2,11-12H2,1H3. The van der Waals surface area contributed by atoms with E-state index in [2.05, 4.69) is 0 Å². The predicted octanol–water partition coefficient (Wildman–Crippen LogP) is 9.07. The summed E-state index contributed by atoms with van der Waals surface area (Å²) in [5.74, 6) is -31.4. The van der Waals surface area contributed by atoms with Crippen LogP contribution >= 0.6 is 11.8 Å². The lowest BCUT2D eigenvalue weighted by Gasteiger charge is -2.39. The molecule has 0 radical (unpaired) electrons. The van der Waals surface area contributed by atoms with Crippen molar-refractivity contribution < 1.29 is 61.8 Å². The van der Waals surface area contributed by atoms with Gasteiger partial charge in [-0.2, -0.15) is 57.1 Å². The van der Waals surface area contributed by atoms with Crippen LogP contribution in [0.4, 0.5) is 57.1 Å². The van der Waals surface area contributed by atoms with Crippen LogP contribution in [0, 0.1) is 0 Å². The smallest absolute Gasteiger partial charge is 0.460 e. The molecular formula is C22H17F13OS. The van der Waals surface area contributed by atoms with Gasteiger partial charge in [-0.3, -0.25) is 0 Å². The van der Waals surface area contributed by atoms with Crippen molar-refractivity contribution in [3.8, 4) is 16.9 Å². The Labute approximate surface area is 206 Å². The molecular weight excluding hydrogens is 559 g/mol. The highest BCUT2D eigenvalue weighted by Crippen LogP contribution is 2.62. The van der Waals surface area contributed by atoms with Crippen LogP contribution in [0.15, 0.2) is 48.5 Å². The van der Waals surface area contributed by atoms with Crippen molar-refractivity contribution in [2.24, 2.45) is 0 Å². The number of benzene rings is 2. The van der Waals surface area contributed by atoms with Gasteiger partial charge in [0, 0.05) is 5.75 Å². The second-order valence-corrected chi connectivity index (χ2v) is 8.76. The summed E-state index contributed by atoms with van der Waals surface area (Å²) in [6.07, 6.45) is -6.66. The van der Waals surface area contributed by atoms with E-state index in [1.807, 2.05) is 6.92 Å². The van der Waals surface area contributed by atoms with Gasteiger partial charge in [0.2, 0.25) is 0 Å². The van der Waals surface area contributed by atoms with Crippen LogP contribution in [0.1, 0.15) is 18.9 Å². The maximum absolute atomic E-state index is 13.9. The largest absolute Gasteiger partial charge is 0.494 e. The fourth-order valence-corrected chi connectivity index (χ4v) is 3.63. The van der Waals surface area contributed by atoms with Crippen LogP contribution in [-0.4, -0.2) is 41.7 Å². The molecule has 37 heavy (non-hydrogen) atoms. The van der Waals surface area contributed by atoms with Crippen LogP contribution in [0.5, 0.6) is 5.75 Å².